The van der Waals surface area contributed by atoms with Crippen LogP contribution in [0.3, 0.4) is 0 Å². The first-order chi connectivity index (χ1) is 14.2. The standard InChI is InChI=1S/C25H31N3O/c1-21(25(29)28-15-13-23-11-5-6-12-24(23)20-28)27-18-16-26(17-19-27)14-7-10-22-8-3-2-4-9-22/h2-12,21H,13-20H2,1H3/b10-7+/t21-/m0/s1. The first-order valence-electron chi connectivity index (χ1n) is 10.7. The Kier molecular flexibility index (Phi) is 6.43. The Morgan fingerprint density at radius 1 is 0.931 bits per heavy atom. The maximum atomic E-state index is 13.1. The van der Waals surface area contributed by atoms with Crippen LogP contribution in [-0.4, -0.2) is 65.9 Å². The summed E-state index contributed by atoms with van der Waals surface area (Å²) in [4.78, 5) is 19.9. The average molecular weight is 390 g/mol. The third-order valence-corrected chi connectivity index (χ3v) is 6.23. The van der Waals surface area contributed by atoms with Crippen LogP contribution in [0.5, 0.6) is 0 Å². The number of carbonyl (C=O) groups is 1. The Labute approximate surface area is 174 Å². The Morgan fingerprint density at radius 3 is 2.38 bits per heavy atom. The topological polar surface area (TPSA) is 26.8 Å². The molecule has 1 saturated heterocycles. The van der Waals surface area contributed by atoms with Gasteiger partial charge in [0.2, 0.25) is 5.91 Å². The van der Waals surface area contributed by atoms with E-state index in [1.165, 1.54) is 16.7 Å². The molecule has 0 spiro atoms. The first kappa shape index (κ1) is 19.9. The zero-order chi connectivity index (χ0) is 20.1. The van der Waals surface area contributed by atoms with Gasteiger partial charge in [-0.3, -0.25) is 14.6 Å². The molecule has 0 bridgehead atoms. The summed E-state index contributed by atoms with van der Waals surface area (Å²) in [6, 6.07) is 18.9. The van der Waals surface area contributed by atoms with Gasteiger partial charge >= 0.3 is 0 Å². The fraction of sp³-hybridized carbons (Fsp3) is 0.400. The molecular weight excluding hydrogens is 358 g/mol. The third kappa shape index (κ3) is 4.95. The van der Waals surface area contributed by atoms with E-state index in [2.05, 4.69) is 77.4 Å². The molecule has 2 aromatic carbocycles. The van der Waals surface area contributed by atoms with Crippen molar-refractivity contribution < 1.29 is 4.79 Å². The third-order valence-electron chi connectivity index (χ3n) is 6.23. The number of benzene rings is 2. The van der Waals surface area contributed by atoms with E-state index in [0.29, 0.717) is 0 Å². The van der Waals surface area contributed by atoms with Crippen LogP contribution in [-0.2, 0) is 17.8 Å². The summed E-state index contributed by atoms with van der Waals surface area (Å²) in [6.45, 7) is 8.57. The number of hydrogen-bond donors (Lipinski definition) is 0. The van der Waals surface area contributed by atoms with Crippen LogP contribution < -0.4 is 0 Å². The highest BCUT2D eigenvalue weighted by Gasteiger charge is 2.30. The molecule has 4 rings (SSSR count). The highest BCUT2D eigenvalue weighted by Crippen LogP contribution is 2.20. The summed E-state index contributed by atoms with van der Waals surface area (Å²) in [7, 11) is 0. The van der Waals surface area contributed by atoms with Gasteiger partial charge in [0.15, 0.2) is 0 Å². The van der Waals surface area contributed by atoms with Crippen LogP contribution in [0, 0.1) is 0 Å². The van der Waals surface area contributed by atoms with Gasteiger partial charge in [-0.1, -0.05) is 66.7 Å². The van der Waals surface area contributed by atoms with Crippen LogP contribution in [0.1, 0.15) is 23.6 Å². The monoisotopic (exact) mass is 389 g/mol. The molecule has 152 valence electrons. The number of rotatable bonds is 5. The zero-order valence-electron chi connectivity index (χ0n) is 17.3. The Balaban J connectivity index is 1.25. The Morgan fingerprint density at radius 2 is 1.62 bits per heavy atom. The van der Waals surface area contributed by atoms with Crippen molar-refractivity contribution in [3.8, 4) is 0 Å². The van der Waals surface area contributed by atoms with Crippen molar-refractivity contribution in [2.45, 2.75) is 25.9 Å². The number of carbonyl (C=O) groups excluding carboxylic acids is 1. The largest absolute Gasteiger partial charge is 0.337 e. The maximum absolute atomic E-state index is 13.1. The van der Waals surface area contributed by atoms with Crippen LogP contribution in [0.4, 0.5) is 0 Å². The second-order valence-corrected chi connectivity index (χ2v) is 8.10. The molecule has 0 aromatic heterocycles. The van der Waals surface area contributed by atoms with Crippen LogP contribution in [0.2, 0.25) is 0 Å². The highest BCUT2D eigenvalue weighted by molar-refractivity contribution is 5.81. The lowest BCUT2D eigenvalue weighted by molar-refractivity contribution is -0.138. The number of nitrogens with zero attached hydrogens (tertiary/aromatic N) is 3. The number of amides is 1. The van der Waals surface area contributed by atoms with Gasteiger partial charge in [-0.25, -0.2) is 0 Å². The summed E-state index contributed by atoms with van der Waals surface area (Å²) in [5, 5.41) is 0. The van der Waals surface area contributed by atoms with Gasteiger partial charge in [0, 0.05) is 45.8 Å². The maximum Gasteiger partial charge on any atom is 0.239 e. The van der Waals surface area contributed by atoms with Crippen molar-refractivity contribution >= 4 is 12.0 Å². The molecule has 1 atom stereocenters. The van der Waals surface area contributed by atoms with Crippen molar-refractivity contribution in [1.29, 1.82) is 0 Å². The van der Waals surface area contributed by atoms with Crippen molar-refractivity contribution in [3.63, 3.8) is 0 Å². The molecule has 1 amide bonds. The fourth-order valence-corrected chi connectivity index (χ4v) is 4.34. The van der Waals surface area contributed by atoms with E-state index in [1.54, 1.807) is 0 Å². The van der Waals surface area contributed by atoms with Gasteiger partial charge in [-0.2, -0.15) is 0 Å². The molecule has 1 fully saturated rings. The summed E-state index contributed by atoms with van der Waals surface area (Å²) < 4.78 is 0. The molecule has 2 aliphatic rings. The first-order valence-corrected chi connectivity index (χ1v) is 10.7. The molecule has 0 saturated carbocycles. The molecule has 29 heavy (non-hydrogen) atoms. The number of fused-ring (bicyclic) bond motifs is 1. The second kappa shape index (κ2) is 9.38. The van der Waals surface area contributed by atoms with Gasteiger partial charge in [-0.05, 0) is 30.0 Å². The Hall–Kier alpha value is -2.43. The van der Waals surface area contributed by atoms with Crippen molar-refractivity contribution in [2.24, 2.45) is 0 Å². The lowest BCUT2D eigenvalue weighted by atomic mass is 9.99. The molecule has 0 aliphatic carbocycles. The summed E-state index contributed by atoms with van der Waals surface area (Å²) in [5.41, 5.74) is 3.93. The molecule has 2 aromatic rings. The summed E-state index contributed by atoms with van der Waals surface area (Å²) in [6.07, 6.45) is 5.40. The van der Waals surface area contributed by atoms with Gasteiger partial charge < -0.3 is 4.90 Å². The SMILES string of the molecule is C[C@@H](C(=O)N1CCc2ccccc2C1)N1CCN(C/C=C/c2ccccc2)CC1. The molecule has 0 radical (unpaired) electrons. The summed E-state index contributed by atoms with van der Waals surface area (Å²) >= 11 is 0. The quantitative estimate of drug-likeness (QED) is 0.785. The van der Waals surface area contributed by atoms with E-state index in [0.717, 1.165) is 52.2 Å². The van der Waals surface area contributed by atoms with E-state index in [9.17, 15) is 4.79 Å². The van der Waals surface area contributed by atoms with Crippen molar-refractivity contribution in [3.05, 3.63) is 77.4 Å². The second-order valence-electron chi connectivity index (χ2n) is 8.10. The minimum atomic E-state index is -0.0396. The minimum Gasteiger partial charge on any atom is -0.337 e. The van der Waals surface area contributed by atoms with Crippen LogP contribution >= 0.6 is 0 Å². The van der Waals surface area contributed by atoms with Gasteiger partial charge in [0.1, 0.15) is 0 Å². The molecule has 2 heterocycles. The highest BCUT2D eigenvalue weighted by atomic mass is 16.2. The van der Waals surface area contributed by atoms with E-state index in [1.807, 2.05) is 11.0 Å². The number of piperazine rings is 1. The molecular formula is C25H31N3O. The lowest BCUT2D eigenvalue weighted by Crippen LogP contribution is -2.55. The van der Waals surface area contributed by atoms with Crippen molar-refractivity contribution in [2.75, 3.05) is 39.3 Å². The summed E-state index contributed by atoms with van der Waals surface area (Å²) in [5.74, 6) is 0.275. The van der Waals surface area contributed by atoms with Gasteiger partial charge in [0.05, 0.1) is 6.04 Å². The van der Waals surface area contributed by atoms with E-state index in [-0.39, 0.29) is 11.9 Å². The molecule has 4 heteroatoms. The minimum absolute atomic E-state index is 0.0396. The number of hydrogen-bond acceptors (Lipinski definition) is 3. The van der Waals surface area contributed by atoms with Crippen molar-refractivity contribution in [1.82, 2.24) is 14.7 Å². The van der Waals surface area contributed by atoms with E-state index >= 15 is 0 Å². The van der Waals surface area contributed by atoms with E-state index in [4.69, 9.17) is 0 Å². The predicted octanol–water partition coefficient (Wildman–Crippen LogP) is 3.29. The molecule has 4 nitrogen and oxygen atoms in total. The molecule has 0 N–H and O–H groups in total. The Bertz CT molecular complexity index is 840. The zero-order valence-corrected chi connectivity index (χ0v) is 17.3. The molecule has 0 unspecified atom stereocenters. The van der Waals surface area contributed by atoms with Crippen LogP contribution in [0.25, 0.3) is 6.08 Å². The average Bonchev–Trinajstić information content (AvgIpc) is 2.79. The van der Waals surface area contributed by atoms with Gasteiger partial charge in [-0.15, -0.1) is 0 Å². The smallest absolute Gasteiger partial charge is 0.239 e. The normalized spacial score (nSPS) is 19.3. The lowest BCUT2D eigenvalue weighted by Gasteiger charge is -2.39. The molecule has 2 aliphatic heterocycles. The van der Waals surface area contributed by atoms with Gasteiger partial charge in [0.25, 0.3) is 0 Å². The van der Waals surface area contributed by atoms with Crippen LogP contribution in [0.15, 0.2) is 60.7 Å². The fourth-order valence-electron chi connectivity index (χ4n) is 4.34. The van der Waals surface area contributed by atoms with E-state index < -0.39 is 0 Å². The predicted molar refractivity (Wildman–Crippen MR) is 119 cm³/mol.